The van der Waals surface area contributed by atoms with Crippen LogP contribution in [0.4, 0.5) is 0 Å². The molecule has 0 aromatic rings. The third-order valence-corrected chi connectivity index (χ3v) is 11.3. The van der Waals surface area contributed by atoms with Gasteiger partial charge in [0.1, 0.15) is 0 Å². The second kappa shape index (κ2) is 112. The quantitative estimate of drug-likeness (QED) is 0.0158. The van der Waals surface area contributed by atoms with Crippen molar-refractivity contribution in [2.45, 2.75) is 128 Å². The maximum atomic E-state index is 11.0. The van der Waals surface area contributed by atoms with E-state index in [0.717, 1.165) is 64.0 Å². The van der Waals surface area contributed by atoms with Crippen LogP contribution in [0, 0.1) is 48.5 Å². The summed E-state index contributed by atoms with van der Waals surface area (Å²) in [5.74, 6) is 4.89. The van der Waals surface area contributed by atoms with Crippen LogP contribution >= 0.6 is 47.8 Å². The number of hydrazine groups is 1. The van der Waals surface area contributed by atoms with Crippen molar-refractivity contribution in [3.63, 3.8) is 0 Å². The minimum Gasteiger partial charge on any atom is -0.789 e. The van der Waals surface area contributed by atoms with Gasteiger partial charge in [0, 0.05) is 248 Å². The van der Waals surface area contributed by atoms with Crippen LogP contribution < -0.4 is 36.4 Å². The smallest absolute Gasteiger partial charge is 0.265 e. The van der Waals surface area contributed by atoms with Gasteiger partial charge in [-0.2, -0.15) is 24.6 Å². The van der Waals surface area contributed by atoms with Crippen molar-refractivity contribution in [3.05, 3.63) is 48.5 Å². The van der Waals surface area contributed by atoms with Gasteiger partial charge in [-0.1, -0.05) is 92.5 Å². The Bertz CT molecular complexity index is 716. The van der Waals surface area contributed by atoms with Gasteiger partial charge in [0.05, 0.1) is 19.9 Å². The van der Waals surface area contributed by atoms with Crippen LogP contribution in [0.2, 0.25) is 0 Å². The topological polar surface area (TPSA) is 168 Å². The molecule has 0 aromatic heterocycles. The monoisotopic (exact) mass is 1570 g/mol. The molecule has 0 fully saturated rings. The number of phosphoric acid groups is 1. The summed E-state index contributed by atoms with van der Waals surface area (Å²) in [5.41, 5.74) is 5.86. The van der Waals surface area contributed by atoms with Crippen LogP contribution in [0.3, 0.4) is 0 Å². The Hall–Kier alpha value is 8.77. The molecule has 0 bridgehead atoms. The summed E-state index contributed by atoms with van der Waals surface area (Å²) in [6.45, 7) is 41.6. The van der Waals surface area contributed by atoms with E-state index in [1.54, 1.807) is 0 Å². The van der Waals surface area contributed by atoms with E-state index in [1.807, 2.05) is 54.1 Å². The molecule has 0 spiro atoms. The summed E-state index contributed by atoms with van der Waals surface area (Å²) < 4.78 is 23.9. The van der Waals surface area contributed by atoms with E-state index >= 15 is 0 Å². The molecule has 1 amide bonds. The number of nitrogens with one attached hydrogen (secondary N) is 5. The van der Waals surface area contributed by atoms with Crippen LogP contribution in [0.15, 0.2) is 0 Å². The number of rotatable bonds is 29. The Kier molecular flexibility index (Phi) is 202. The molecule has 0 rings (SSSR count). The summed E-state index contributed by atoms with van der Waals surface area (Å²) in [4.78, 5) is 32.0. The molecule has 2 atom stereocenters. The van der Waals surface area contributed by atoms with Gasteiger partial charge in [-0.3, -0.25) is 20.2 Å². The molecule has 0 aliphatic carbocycles. The third-order valence-electron chi connectivity index (χ3n) is 4.77. The first-order valence-corrected chi connectivity index (χ1v) is 27.6. The second-order valence-electron chi connectivity index (χ2n) is 10.5. The van der Waals surface area contributed by atoms with E-state index in [2.05, 4.69) is 124 Å². The van der Waals surface area contributed by atoms with Gasteiger partial charge >= 0.3 is 0 Å². The first-order chi connectivity index (χ1) is 26.7. The van der Waals surface area contributed by atoms with Crippen LogP contribution in [0.25, 0.3) is 0 Å². The molecule has 12 nitrogen and oxygen atoms in total. The standard InChI is InChI=1S/C6H12NO.C6H14N.C6H13S.C5H13N2.C5H13NO2PS.C5H12O4P.C5H11S2.2CH4.7Y/c1-3-5-6(8)7-4-2;3*1-3-5-7-6-4-2;1-3-5-8-9(7,10)6-4-2;1-3-5-9-10(6,7)8-4-2;1-3-5-7-6-4-2;;;;;;;;;/h2-5H2,1H3,(H,7,8);7H,1,3-6H2,2H3;1,3-6H2,2H3;6-7H,2-5H2,1H3;2-5H2,1H3,(H2,6,7,10);2-5H2,1H3,(H,6,7);2-5H2,1H3;2*1H4;;;;;;;/q7*-1;;;;;;;;;/p-2. The van der Waals surface area contributed by atoms with E-state index in [1.165, 1.54) is 36.5 Å². The van der Waals surface area contributed by atoms with Gasteiger partial charge in [-0.15, -0.1) is 36.2 Å². The van der Waals surface area contributed by atoms with Crippen molar-refractivity contribution in [3.8, 4) is 0 Å². The molecule has 5 N–H and O–H groups in total. The SMILES string of the molecule is C.C.[CH2-]CCNCCC.[CH2-]CCSCCC.[CH2-]CNC(=O)CCC.[CH2-]CNNCCC.[CH2-]CNP([O-])(=S)OCCC.[CH2-]COP(=O)([O-])OCCC.[CH2-]CSSCCC.[Y].[Y].[Y].[Y].[Y].[Y].[Y]. The van der Waals surface area contributed by atoms with Gasteiger partial charge in [0.15, 0.2) is 0 Å². The average molecular weight is 1570 g/mol. The fourth-order valence-corrected chi connectivity index (χ4v) is 6.78. The zero-order chi connectivity index (χ0) is 44.6. The first-order valence-electron chi connectivity index (χ1n) is 19.8. The predicted octanol–water partition coefficient (Wildman–Crippen LogP) is 9.65. The summed E-state index contributed by atoms with van der Waals surface area (Å²) in [6, 6.07) is 0. The number of hydrogen-bond donors (Lipinski definition) is 5. The molecule has 0 aliphatic rings. The number of hydrogen-bond acceptors (Lipinski definition) is 14. The number of amides is 1. The number of thioether (sulfide) groups is 1. The third kappa shape index (κ3) is 153. The molecule has 25 heteroatoms. The number of carbonyl (C=O) groups excluding carboxylic acids is 1. The van der Waals surface area contributed by atoms with Crippen molar-refractivity contribution in [2.75, 3.05) is 82.1 Å². The molecular weight excluding hydrogens is 1480 g/mol. The van der Waals surface area contributed by atoms with Crippen molar-refractivity contribution >= 4 is 65.5 Å². The van der Waals surface area contributed by atoms with E-state index in [9.17, 15) is 19.1 Å². The maximum absolute atomic E-state index is 11.0. The van der Waals surface area contributed by atoms with Crippen LogP contribution in [-0.4, -0.2) is 88.0 Å². The van der Waals surface area contributed by atoms with Crippen molar-refractivity contribution in [1.82, 2.24) is 26.6 Å². The Morgan fingerprint density at radius 2 is 1.09 bits per heavy atom. The largest absolute Gasteiger partial charge is 0.789 e. The van der Waals surface area contributed by atoms with Crippen LogP contribution in [0.1, 0.15) is 128 Å². The average Bonchev–Trinajstić information content (AvgIpc) is 3.16. The molecule has 0 saturated carbocycles. The van der Waals surface area contributed by atoms with Gasteiger partial charge < -0.3 is 87.5 Å². The molecule has 7 radical (unpaired) electrons. The Morgan fingerprint density at radius 1 is 0.585 bits per heavy atom. The van der Waals surface area contributed by atoms with Gasteiger partial charge in [-0.25, -0.2) is 0 Å². The van der Waals surface area contributed by atoms with Gasteiger partial charge in [0.25, 0.3) is 7.82 Å². The Labute approximate surface area is 600 Å². The zero-order valence-corrected chi connectivity index (χ0v) is 65.6. The summed E-state index contributed by atoms with van der Waals surface area (Å²) >= 11 is 6.58. The molecule has 0 heterocycles. The van der Waals surface area contributed by atoms with E-state index in [4.69, 9.17) is 4.52 Å². The van der Waals surface area contributed by atoms with Crippen molar-refractivity contribution < 1.29 is 262 Å². The van der Waals surface area contributed by atoms with Crippen molar-refractivity contribution in [1.29, 1.82) is 0 Å². The minimum atomic E-state index is -4.02. The normalized spacial score (nSPS) is 10.3. The van der Waals surface area contributed by atoms with Gasteiger partial charge in [0.2, 0.25) is 5.91 Å². The number of phosphoric ester groups is 1. The molecule has 0 aliphatic heterocycles. The molecule has 0 saturated heterocycles. The van der Waals surface area contributed by atoms with Crippen LogP contribution in [-0.2, 0) is 264 Å². The van der Waals surface area contributed by atoms with E-state index in [0.29, 0.717) is 32.5 Å². The molecular formula is C40H94N5O7P2S4Y7-9. The van der Waals surface area contributed by atoms with Gasteiger partial charge in [-0.05, 0) is 69.5 Å². The summed E-state index contributed by atoms with van der Waals surface area (Å²) in [5, 5.41) is 8.31. The van der Waals surface area contributed by atoms with E-state index < -0.39 is 14.5 Å². The Balaban J connectivity index is -0.0000000302. The fraction of sp³-hybridized carbons (Fsp3) is 0.800. The second-order valence-corrected chi connectivity index (χ2v) is 18.9. The number of carbonyl (C=O) groups is 1. The predicted molar refractivity (Wildman–Crippen MR) is 269 cm³/mol. The molecule has 2 unspecified atom stereocenters. The van der Waals surface area contributed by atoms with E-state index in [-0.39, 0.29) is 263 Å². The first kappa shape index (κ1) is 117. The van der Waals surface area contributed by atoms with Crippen molar-refractivity contribution in [2.24, 2.45) is 0 Å². The fourth-order valence-electron chi connectivity index (χ4n) is 2.48. The van der Waals surface area contributed by atoms with Crippen LogP contribution in [0.5, 0.6) is 0 Å². The maximum Gasteiger partial charge on any atom is 0.265 e. The summed E-state index contributed by atoms with van der Waals surface area (Å²) in [6.07, 6.45) is 10.0. The minimum absolute atomic E-state index is 0. The molecule has 0 aromatic carbocycles. The zero-order valence-electron chi connectivity index (χ0n) is 40.6. The summed E-state index contributed by atoms with van der Waals surface area (Å²) in [7, 11) is -0.276. The molecule has 385 valence electrons. The molecule has 65 heavy (non-hydrogen) atoms. The Morgan fingerprint density at radius 3 is 1.45 bits per heavy atom.